The number of alkyl halides is 3. The van der Waals surface area contributed by atoms with Crippen LogP contribution in [0, 0.1) is 5.82 Å². The summed E-state index contributed by atoms with van der Waals surface area (Å²) in [5, 5.41) is 10.2. The topological polar surface area (TPSA) is 55.8 Å². The summed E-state index contributed by atoms with van der Waals surface area (Å²) in [7, 11) is 0. The van der Waals surface area contributed by atoms with E-state index < -0.39 is 29.6 Å². The van der Waals surface area contributed by atoms with E-state index in [0.717, 1.165) is 12.1 Å². The van der Waals surface area contributed by atoms with Gasteiger partial charge in [-0.25, -0.2) is 9.18 Å². The van der Waals surface area contributed by atoms with Gasteiger partial charge < -0.3 is 14.6 Å². The molecule has 0 amide bonds. The highest BCUT2D eigenvalue weighted by atomic mass is 19.4. The lowest BCUT2D eigenvalue weighted by atomic mass is 10.1. The number of benzene rings is 3. The predicted octanol–water partition coefficient (Wildman–Crippen LogP) is 6.03. The highest BCUT2D eigenvalue weighted by molar-refractivity contribution is 5.93. The zero-order valence-electron chi connectivity index (χ0n) is 15.2. The summed E-state index contributed by atoms with van der Waals surface area (Å²) in [6, 6.07) is 11.7. The number of aliphatic carboxylic acids is 1. The molecule has 3 aromatic carbocycles. The molecule has 29 heavy (non-hydrogen) atoms. The number of hydrogen-bond donors (Lipinski definition) is 1. The van der Waals surface area contributed by atoms with E-state index in [0.29, 0.717) is 22.6 Å². The minimum atomic E-state index is -4.66. The van der Waals surface area contributed by atoms with Crippen molar-refractivity contribution in [3.8, 4) is 17.2 Å². The molecule has 3 rings (SSSR count). The molecule has 0 aliphatic rings. The Balaban J connectivity index is 1.97. The van der Waals surface area contributed by atoms with Crippen LogP contribution in [-0.4, -0.2) is 17.2 Å². The molecule has 0 fully saturated rings. The molecule has 152 valence electrons. The van der Waals surface area contributed by atoms with Gasteiger partial charge in [-0.3, -0.25) is 0 Å². The van der Waals surface area contributed by atoms with Crippen LogP contribution in [0.25, 0.3) is 10.8 Å². The van der Waals surface area contributed by atoms with Crippen LogP contribution in [-0.2, 0) is 11.0 Å². The van der Waals surface area contributed by atoms with Crippen molar-refractivity contribution in [1.29, 1.82) is 0 Å². The smallest absolute Gasteiger partial charge is 0.416 e. The van der Waals surface area contributed by atoms with Crippen molar-refractivity contribution >= 4 is 16.7 Å². The second kappa shape index (κ2) is 7.98. The summed E-state index contributed by atoms with van der Waals surface area (Å²) in [5.41, 5.74) is -1.12. The van der Waals surface area contributed by atoms with Gasteiger partial charge in [0.25, 0.3) is 0 Å². The molecule has 1 atom stereocenters. The summed E-state index contributed by atoms with van der Waals surface area (Å²) in [5.74, 6) is -2.14. The minimum Gasteiger partial charge on any atom is -0.479 e. The van der Waals surface area contributed by atoms with Gasteiger partial charge in [0.2, 0.25) is 0 Å². The lowest BCUT2D eigenvalue weighted by Crippen LogP contribution is -2.25. The number of halogens is 4. The van der Waals surface area contributed by atoms with Crippen LogP contribution in [0.2, 0.25) is 0 Å². The Morgan fingerprint density at radius 3 is 2.17 bits per heavy atom. The molecule has 0 spiro atoms. The summed E-state index contributed by atoms with van der Waals surface area (Å²) in [4.78, 5) is 11.2. The van der Waals surface area contributed by atoms with E-state index in [1.165, 1.54) is 6.07 Å². The molecule has 4 nitrogen and oxygen atoms in total. The largest absolute Gasteiger partial charge is 0.479 e. The Morgan fingerprint density at radius 2 is 1.62 bits per heavy atom. The molecule has 0 aromatic heterocycles. The van der Waals surface area contributed by atoms with E-state index in [1.807, 2.05) is 0 Å². The maximum atomic E-state index is 14.1. The summed E-state index contributed by atoms with van der Waals surface area (Å²) >= 11 is 0. The van der Waals surface area contributed by atoms with Crippen LogP contribution < -0.4 is 9.47 Å². The van der Waals surface area contributed by atoms with E-state index in [2.05, 4.69) is 0 Å². The van der Waals surface area contributed by atoms with Crippen LogP contribution in [0.3, 0.4) is 0 Å². The number of carbonyl (C=O) groups is 1. The third-order valence-electron chi connectivity index (χ3n) is 4.24. The molecule has 0 heterocycles. The van der Waals surface area contributed by atoms with Crippen molar-refractivity contribution in [3.63, 3.8) is 0 Å². The lowest BCUT2D eigenvalue weighted by Gasteiger charge is -2.16. The van der Waals surface area contributed by atoms with Crippen LogP contribution in [0.15, 0.2) is 54.6 Å². The first kappa shape index (κ1) is 20.4. The molecular weight excluding hydrogens is 392 g/mol. The second-order valence-corrected chi connectivity index (χ2v) is 6.21. The minimum absolute atomic E-state index is 0.190. The first-order valence-corrected chi connectivity index (χ1v) is 8.66. The monoisotopic (exact) mass is 408 g/mol. The van der Waals surface area contributed by atoms with Gasteiger partial charge >= 0.3 is 12.1 Å². The number of fused-ring (bicyclic) bond motifs is 1. The van der Waals surface area contributed by atoms with Crippen LogP contribution in [0.1, 0.15) is 18.9 Å². The van der Waals surface area contributed by atoms with Gasteiger partial charge in [0.1, 0.15) is 11.5 Å². The third-order valence-corrected chi connectivity index (χ3v) is 4.24. The SMILES string of the molecule is CC[C@@H](Oc1cccc2c(Oc3ccc(C(F)(F)F)cc3F)cccc12)C(=O)O. The molecular formula is C21H16F4O4. The first-order valence-electron chi connectivity index (χ1n) is 8.66. The standard InChI is InChI=1S/C21H16F4O4/c1-2-16(20(26)27)28-17-7-3-6-14-13(17)5-4-8-18(14)29-19-10-9-12(11-15(19)22)21(23,24)25/h3-11,16H,2H2,1H3,(H,26,27)/t16-/m1/s1. The van der Waals surface area contributed by atoms with Crippen molar-refractivity contribution in [2.75, 3.05) is 0 Å². The fraction of sp³-hybridized carbons (Fsp3) is 0.190. The average molecular weight is 408 g/mol. The number of carboxylic acid groups (broad SMARTS) is 1. The van der Waals surface area contributed by atoms with Crippen molar-refractivity contribution in [1.82, 2.24) is 0 Å². The van der Waals surface area contributed by atoms with Gasteiger partial charge in [0, 0.05) is 10.8 Å². The molecule has 0 unspecified atom stereocenters. The fourth-order valence-electron chi connectivity index (χ4n) is 2.78. The highest BCUT2D eigenvalue weighted by Crippen LogP contribution is 2.37. The zero-order valence-corrected chi connectivity index (χ0v) is 15.2. The molecule has 0 bridgehead atoms. The summed E-state index contributed by atoms with van der Waals surface area (Å²) < 4.78 is 63.3. The van der Waals surface area contributed by atoms with Gasteiger partial charge in [-0.15, -0.1) is 0 Å². The summed E-state index contributed by atoms with van der Waals surface area (Å²) in [6.07, 6.45) is -5.46. The Kier molecular flexibility index (Phi) is 5.63. The fourth-order valence-corrected chi connectivity index (χ4v) is 2.78. The Hall–Kier alpha value is -3.29. The first-order chi connectivity index (χ1) is 13.7. The molecule has 3 aromatic rings. The number of hydrogen-bond acceptors (Lipinski definition) is 3. The van der Waals surface area contributed by atoms with E-state index in [-0.39, 0.29) is 17.9 Å². The van der Waals surface area contributed by atoms with Crippen LogP contribution in [0.5, 0.6) is 17.2 Å². The van der Waals surface area contributed by atoms with Gasteiger partial charge in [-0.2, -0.15) is 13.2 Å². The predicted molar refractivity (Wildman–Crippen MR) is 97.8 cm³/mol. The number of ether oxygens (including phenoxy) is 2. The molecule has 0 radical (unpaired) electrons. The average Bonchev–Trinajstić information content (AvgIpc) is 2.67. The molecule has 1 N–H and O–H groups in total. The Morgan fingerprint density at radius 1 is 1.00 bits per heavy atom. The van der Waals surface area contributed by atoms with Crippen LogP contribution >= 0.6 is 0 Å². The molecule has 0 saturated carbocycles. The van der Waals surface area contributed by atoms with Crippen molar-refractivity contribution in [3.05, 3.63) is 66.0 Å². The molecule has 8 heteroatoms. The van der Waals surface area contributed by atoms with Gasteiger partial charge in [-0.05, 0) is 36.8 Å². The van der Waals surface area contributed by atoms with E-state index >= 15 is 0 Å². The van der Waals surface area contributed by atoms with Crippen molar-refractivity contribution in [2.24, 2.45) is 0 Å². The van der Waals surface area contributed by atoms with Gasteiger partial charge in [-0.1, -0.05) is 31.2 Å². The van der Waals surface area contributed by atoms with E-state index in [9.17, 15) is 27.5 Å². The molecule has 0 aliphatic heterocycles. The molecule has 0 aliphatic carbocycles. The zero-order chi connectivity index (χ0) is 21.2. The van der Waals surface area contributed by atoms with E-state index in [1.54, 1.807) is 37.3 Å². The number of carboxylic acids is 1. The Labute approximate surface area is 163 Å². The second-order valence-electron chi connectivity index (χ2n) is 6.21. The third kappa shape index (κ3) is 4.42. The Bertz CT molecular complexity index is 1050. The lowest BCUT2D eigenvalue weighted by molar-refractivity contribution is -0.145. The van der Waals surface area contributed by atoms with Crippen LogP contribution in [0.4, 0.5) is 17.6 Å². The summed E-state index contributed by atoms with van der Waals surface area (Å²) in [6.45, 7) is 1.67. The maximum Gasteiger partial charge on any atom is 0.416 e. The quantitative estimate of drug-likeness (QED) is 0.506. The molecule has 0 saturated heterocycles. The van der Waals surface area contributed by atoms with Crippen molar-refractivity contribution < 1.29 is 36.9 Å². The van der Waals surface area contributed by atoms with Gasteiger partial charge in [0.05, 0.1) is 5.56 Å². The van der Waals surface area contributed by atoms with Gasteiger partial charge in [0.15, 0.2) is 17.7 Å². The normalized spacial score (nSPS) is 12.6. The van der Waals surface area contributed by atoms with Crippen molar-refractivity contribution in [2.45, 2.75) is 25.6 Å². The van der Waals surface area contributed by atoms with E-state index in [4.69, 9.17) is 9.47 Å². The number of rotatable bonds is 6. The maximum absolute atomic E-state index is 14.1. The highest BCUT2D eigenvalue weighted by Gasteiger charge is 2.31.